The van der Waals surface area contributed by atoms with Crippen molar-refractivity contribution in [2.75, 3.05) is 11.9 Å². The summed E-state index contributed by atoms with van der Waals surface area (Å²) in [6.45, 7) is 8.32. The summed E-state index contributed by atoms with van der Waals surface area (Å²) in [5, 5.41) is 2.74. The highest BCUT2D eigenvalue weighted by Crippen LogP contribution is 2.36. The van der Waals surface area contributed by atoms with Gasteiger partial charge in [-0.2, -0.15) is 0 Å². The van der Waals surface area contributed by atoms with Crippen LogP contribution in [0.4, 0.5) is 10.1 Å². The van der Waals surface area contributed by atoms with Crippen molar-refractivity contribution in [1.82, 2.24) is 0 Å². The molecule has 1 N–H and O–H groups in total. The van der Waals surface area contributed by atoms with Crippen LogP contribution in [0.25, 0.3) is 0 Å². The van der Waals surface area contributed by atoms with Crippen LogP contribution in [0.5, 0.6) is 5.75 Å². The lowest BCUT2D eigenvalue weighted by atomic mass is 9.78. The van der Waals surface area contributed by atoms with Crippen molar-refractivity contribution >= 4 is 24.2 Å². The van der Waals surface area contributed by atoms with Gasteiger partial charge in [0.05, 0.1) is 23.4 Å². The van der Waals surface area contributed by atoms with E-state index < -0.39 is 30.0 Å². The molecule has 3 aromatic rings. The highest BCUT2D eigenvalue weighted by atomic mass is 19.1. The second-order valence-electron chi connectivity index (χ2n) is 9.39. The summed E-state index contributed by atoms with van der Waals surface area (Å²) in [5.74, 6) is -0.463. The van der Waals surface area contributed by atoms with Crippen molar-refractivity contribution < 1.29 is 23.2 Å². The highest BCUT2D eigenvalue weighted by Gasteiger charge is 2.51. The smallest absolute Gasteiger partial charge is 0.493 e. The Morgan fingerprint density at radius 2 is 1.59 bits per heavy atom. The number of benzene rings is 3. The summed E-state index contributed by atoms with van der Waals surface area (Å²) >= 11 is 0. The van der Waals surface area contributed by atoms with Crippen molar-refractivity contribution in [2.45, 2.75) is 45.3 Å². The van der Waals surface area contributed by atoms with E-state index >= 15 is 0 Å². The van der Waals surface area contributed by atoms with Gasteiger partial charge in [-0.1, -0.05) is 36.4 Å². The van der Waals surface area contributed by atoms with Crippen LogP contribution in [0.15, 0.2) is 72.8 Å². The Labute approximate surface area is 200 Å². The Bertz CT molecular complexity index is 1130. The number of carbonyl (C=O) groups excluding carboxylic acids is 1. The molecule has 1 heterocycles. The molecule has 0 aromatic heterocycles. The maximum atomic E-state index is 14.5. The molecule has 1 saturated heterocycles. The summed E-state index contributed by atoms with van der Waals surface area (Å²) in [6.07, 6.45) is 0.803. The molecule has 34 heavy (non-hydrogen) atoms. The summed E-state index contributed by atoms with van der Waals surface area (Å²) in [7, 11) is -0.676. The normalized spacial score (nSPS) is 16.3. The standard InChI is InChI=1S/C27H29BFNO4/c1-26(2)27(3,4)34-28(33-26)20-10-15-24(29)23(18-20)25(31)30-21-11-13-22(14-12-21)32-17-16-19-8-6-5-7-9-19/h5-15,18H,16-17H2,1-4H3,(H,30,31). The van der Waals surface area contributed by atoms with Gasteiger partial charge in [0.2, 0.25) is 0 Å². The number of hydrogen-bond acceptors (Lipinski definition) is 4. The minimum absolute atomic E-state index is 0.0737. The van der Waals surface area contributed by atoms with Gasteiger partial charge in [-0.15, -0.1) is 0 Å². The number of amides is 1. The van der Waals surface area contributed by atoms with Gasteiger partial charge in [-0.05, 0) is 75.1 Å². The van der Waals surface area contributed by atoms with Gasteiger partial charge in [0.25, 0.3) is 5.91 Å². The predicted molar refractivity (Wildman–Crippen MR) is 132 cm³/mol. The van der Waals surface area contributed by atoms with Gasteiger partial charge in [0.15, 0.2) is 0 Å². The molecule has 1 aliphatic heterocycles. The van der Waals surface area contributed by atoms with Crippen LogP contribution >= 0.6 is 0 Å². The van der Waals surface area contributed by atoms with Crippen LogP contribution < -0.4 is 15.5 Å². The summed E-state index contributed by atoms with van der Waals surface area (Å²) in [5.41, 5.74) is 1.21. The van der Waals surface area contributed by atoms with Crippen LogP contribution in [0.3, 0.4) is 0 Å². The fraction of sp³-hybridized carbons (Fsp3) is 0.296. The number of halogens is 1. The maximum Gasteiger partial charge on any atom is 0.494 e. The molecule has 5 nitrogen and oxygen atoms in total. The third-order valence-corrected chi connectivity index (χ3v) is 6.37. The van der Waals surface area contributed by atoms with E-state index in [0.29, 0.717) is 23.5 Å². The van der Waals surface area contributed by atoms with Gasteiger partial charge < -0.3 is 19.4 Å². The average molecular weight is 461 g/mol. The molecular formula is C27H29BFNO4. The summed E-state index contributed by atoms with van der Waals surface area (Å²) in [6, 6.07) is 21.4. The van der Waals surface area contributed by atoms with E-state index in [1.165, 1.54) is 17.7 Å². The van der Waals surface area contributed by atoms with Crippen LogP contribution in [0, 0.1) is 5.82 Å². The van der Waals surface area contributed by atoms with Crippen LogP contribution in [0.2, 0.25) is 0 Å². The molecule has 1 fully saturated rings. The van der Waals surface area contributed by atoms with Crippen LogP contribution in [0.1, 0.15) is 43.6 Å². The zero-order chi connectivity index (χ0) is 24.3. The maximum absolute atomic E-state index is 14.5. The van der Waals surface area contributed by atoms with E-state index in [1.54, 1.807) is 30.3 Å². The first kappa shape index (κ1) is 24.0. The largest absolute Gasteiger partial charge is 0.494 e. The number of carbonyl (C=O) groups is 1. The van der Waals surface area contributed by atoms with Gasteiger partial charge in [0, 0.05) is 12.1 Å². The van der Waals surface area contributed by atoms with E-state index in [-0.39, 0.29) is 5.56 Å². The molecule has 0 radical (unpaired) electrons. The lowest BCUT2D eigenvalue weighted by Crippen LogP contribution is -2.41. The van der Waals surface area contributed by atoms with Crippen LogP contribution in [-0.4, -0.2) is 30.8 Å². The third-order valence-electron chi connectivity index (χ3n) is 6.37. The highest BCUT2D eigenvalue weighted by molar-refractivity contribution is 6.62. The fourth-order valence-electron chi connectivity index (χ4n) is 3.61. The Balaban J connectivity index is 1.38. The fourth-order valence-corrected chi connectivity index (χ4v) is 3.61. The zero-order valence-corrected chi connectivity index (χ0v) is 19.9. The van der Waals surface area contributed by atoms with E-state index in [0.717, 1.165) is 6.42 Å². The summed E-state index contributed by atoms with van der Waals surface area (Å²) in [4.78, 5) is 12.8. The van der Waals surface area contributed by atoms with Crippen molar-refractivity contribution in [2.24, 2.45) is 0 Å². The monoisotopic (exact) mass is 461 g/mol. The Morgan fingerprint density at radius 3 is 2.24 bits per heavy atom. The molecule has 0 saturated carbocycles. The zero-order valence-electron chi connectivity index (χ0n) is 19.9. The third kappa shape index (κ3) is 5.32. The second-order valence-corrected chi connectivity index (χ2v) is 9.39. The first-order chi connectivity index (χ1) is 16.1. The molecule has 0 unspecified atom stereocenters. The molecule has 7 heteroatoms. The van der Waals surface area contributed by atoms with Crippen molar-refractivity contribution in [1.29, 1.82) is 0 Å². The van der Waals surface area contributed by atoms with Crippen molar-refractivity contribution in [3.63, 3.8) is 0 Å². The van der Waals surface area contributed by atoms with Crippen LogP contribution in [-0.2, 0) is 15.7 Å². The molecule has 0 aliphatic carbocycles. The van der Waals surface area contributed by atoms with Crippen molar-refractivity contribution in [3.8, 4) is 5.75 Å². The molecule has 1 aliphatic rings. The molecular weight excluding hydrogens is 432 g/mol. The predicted octanol–water partition coefficient (Wildman–Crippen LogP) is 5.00. The molecule has 1 amide bonds. The lowest BCUT2D eigenvalue weighted by Gasteiger charge is -2.32. The van der Waals surface area contributed by atoms with Gasteiger partial charge in [-0.25, -0.2) is 4.39 Å². The van der Waals surface area contributed by atoms with Gasteiger partial charge in [-0.3, -0.25) is 4.79 Å². The molecule has 0 spiro atoms. The van der Waals surface area contributed by atoms with E-state index in [4.69, 9.17) is 14.0 Å². The first-order valence-corrected chi connectivity index (χ1v) is 11.4. The topological polar surface area (TPSA) is 56.8 Å². The first-order valence-electron chi connectivity index (χ1n) is 11.4. The Kier molecular flexibility index (Phi) is 6.78. The summed E-state index contributed by atoms with van der Waals surface area (Å²) < 4.78 is 32.3. The number of nitrogens with one attached hydrogen (secondary N) is 1. The van der Waals surface area contributed by atoms with Gasteiger partial charge in [0.1, 0.15) is 11.6 Å². The second kappa shape index (κ2) is 9.61. The molecule has 3 aromatic carbocycles. The number of rotatable bonds is 7. The molecule has 4 rings (SSSR count). The SMILES string of the molecule is CC1(C)OB(c2ccc(F)c(C(=O)Nc3ccc(OCCc4ccccc4)cc3)c2)OC1(C)C. The van der Waals surface area contributed by atoms with E-state index in [2.05, 4.69) is 17.4 Å². The molecule has 0 bridgehead atoms. The lowest BCUT2D eigenvalue weighted by molar-refractivity contribution is 0.00578. The minimum atomic E-state index is -0.676. The molecule has 176 valence electrons. The molecule has 0 atom stereocenters. The van der Waals surface area contributed by atoms with Gasteiger partial charge >= 0.3 is 7.12 Å². The number of ether oxygens (including phenoxy) is 1. The Morgan fingerprint density at radius 1 is 0.941 bits per heavy atom. The average Bonchev–Trinajstić information content (AvgIpc) is 3.02. The van der Waals surface area contributed by atoms with E-state index in [9.17, 15) is 9.18 Å². The quantitative estimate of drug-likeness (QED) is 0.504. The van der Waals surface area contributed by atoms with Crippen molar-refractivity contribution in [3.05, 3.63) is 89.7 Å². The minimum Gasteiger partial charge on any atom is -0.493 e. The van der Waals surface area contributed by atoms with E-state index in [1.807, 2.05) is 45.9 Å². The number of anilines is 1. The number of hydrogen-bond donors (Lipinski definition) is 1. The Hall–Kier alpha value is -3.16.